The van der Waals surface area contributed by atoms with Gasteiger partial charge in [-0.2, -0.15) is 0 Å². The quantitative estimate of drug-likeness (QED) is 0.643. The molecule has 2 aliphatic rings. The van der Waals surface area contributed by atoms with E-state index in [1.165, 1.54) is 0 Å². The maximum Gasteiger partial charge on any atom is 0.344 e. The number of fused-ring (bicyclic) bond motifs is 2. The summed E-state index contributed by atoms with van der Waals surface area (Å²) in [6.07, 6.45) is -0.828. The second kappa shape index (κ2) is 4.55. The Balaban J connectivity index is 1.79. The fourth-order valence-corrected chi connectivity index (χ4v) is 3.56. The summed E-state index contributed by atoms with van der Waals surface area (Å²) in [6, 6.07) is 7.55. The molecular weight excluding hydrogens is 302 g/mol. The Bertz CT molecular complexity index is 801. The van der Waals surface area contributed by atoms with Gasteiger partial charge in [0.15, 0.2) is 6.10 Å². The molecule has 2 saturated heterocycles. The van der Waals surface area contributed by atoms with Crippen LogP contribution in [0.2, 0.25) is 0 Å². The smallest absolute Gasteiger partial charge is 0.344 e. The third-order valence-corrected chi connectivity index (χ3v) is 4.80. The molecule has 0 saturated carbocycles. The zero-order valence-corrected chi connectivity index (χ0v) is 12.5. The second-order valence-corrected chi connectivity index (χ2v) is 6.22. The van der Waals surface area contributed by atoms with E-state index < -0.39 is 29.6 Å². The van der Waals surface area contributed by atoms with Gasteiger partial charge in [0.1, 0.15) is 6.10 Å². The molecule has 4 rings (SSSR count). The zero-order chi connectivity index (χ0) is 16.4. The van der Waals surface area contributed by atoms with Crippen molar-refractivity contribution in [2.45, 2.75) is 30.0 Å². The van der Waals surface area contributed by atoms with Crippen molar-refractivity contribution in [1.82, 2.24) is 4.57 Å². The molecule has 3 N–H and O–H groups in total. The molecule has 1 aromatic heterocycles. The average molecular weight is 319 g/mol. The Kier molecular flexibility index (Phi) is 2.90. The molecule has 3 heterocycles. The monoisotopic (exact) mass is 319 g/mol. The molecule has 23 heavy (non-hydrogen) atoms. The minimum Gasteiger partial charge on any atom is -0.451 e. The van der Waals surface area contributed by atoms with Crippen LogP contribution in [0.4, 0.5) is 0 Å². The highest BCUT2D eigenvalue weighted by molar-refractivity contribution is 5.88. The number of benzene rings is 1. The van der Waals surface area contributed by atoms with E-state index in [4.69, 9.17) is 9.47 Å². The van der Waals surface area contributed by atoms with Crippen molar-refractivity contribution in [2.24, 2.45) is 7.05 Å². The minimum atomic E-state index is -2.26. The Labute approximate surface area is 131 Å². The summed E-state index contributed by atoms with van der Waals surface area (Å²) in [6.45, 7) is -0.202. The highest BCUT2D eigenvalue weighted by Gasteiger charge is 2.73. The fraction of sp³-hybridized carbons (Fsp3) is 0.438. The standard InChI is InChI=1S/C16H17NO6/c1-17-7-9(10-4-2-3-5-11(10)17)6-15(20)14(19)23-13-12(18)8-22-16(13,15)21/h2-5,7,12-13,18,20-21H,6,8H2,1H3/t12-,13-,15-,16+/m0/s1. The van der Waals surface area contributed by atoms with Crippen LogP contribution >= 0.6 is 0 Å². The lowest BCUT2D eigenvalue weighted by atomic mass is 9.85. The number of aliphatic hydroxyl groups is 3. The van der Waals surface area contributed by atoms with E-state index in [2.05, 4.69) is 0 Å². The molecule has 4 atom stereocenters. The molecule has 2 fully saturated rings. The van der Waals surface area contributed by atoms with Crippen LogP contribution in [0.5, 0.6) is 0 Å². The molecule has 0 unspecified atom stereocenters. The second-order valence-electron chi connectivity index (χ2n) is 6.22. The van der Waals surface area contributed by atoms with Crippen molar-refractivity contribution >= 4 is 16.9 Å². The van der Waals surface area contributed by atoms with Gasteiger partial charge in [-0.3, -0.25) is 0 Å². The van der Waals surface area contributed by atoms with Gasteiger partial charge < -0.3 is 29.4 Å². The lowest BCUT2D eigenvalue weighted by Crippen LogP contribution is -2.59. The van der Waals surface area contributed by atoms with E-state index in [0.29, 0.717) is 5.56 Å². The van der Waals surface area contributed by atoms with Crippen LogP contribution in [0.1, 0.15) is 5.56 Å². The summed E-state index contributed by atoms with van der Waals surface area (Å²) in [5, 5.41) is 32.1. The molecule has 2 aliphatic heterocycles. The number of carbonyl (C=O) groups is 1. The first kappa shape index (κ1) is 14.6. The molecule has 7 heteroatoms. The highest BCUT2D eigenvalue weighted by Crippen LogP contribution is 2.45. The van der Waals surface area contributed by atoms with Gasteiger partial charge in [0.05, 0.1) is 6.61 Å². The summed E-state index contributed by atoms with van der Waals surface area (Å²) in [7, 11) is 1.86. The molecule has 0 amide bonds. The number of carbonyl (C=O) groups excluding carboxylic acids is 1. The van der Waals surface area contributed by atoms with E-state index in [1.54, 1.807) is 6.20 Å². The number of aliphatic hydroxyl groups excluding tert-OH is 1. The van der Waals surface area contributed by atoms with Crippen molar-refractivity contribution in [1.29, 1.82) is 0 Å². The number of aromatic nitrogens is 1. The minimum absolute atomic E-state index is 0.174. The summed E-state index contributed by atoms with van der Waals surface area (Å²) < 4.78 is 12.0. The van der Waals surface area contributed by atoms with E-state index in [1.807, 2.05) is 35.9 Å². The predicted octanol–water partition coefficient (Wildman–Crippen LogP) is -0.543. The van der Waals surface area contributed by atoms with Gasteiger partial charge >= 0.3 is 5.97 Å². The number of ether oxygens (including phenoxy) is 2. The van der Waals surface area contributed by atoms with Gasteiger partial charge in [-0.1, -0.05) is 18.2 Å². The van der Waals surface area contributed by atoms with Crippen LogP contribution < -0.4 is 0 Å². The fourth-order valence-electron chi connectivity index (χ4n) is 3.56. The molecule has 0 radical (unpaired) electrons. The van der Waals surface area contributed by atoms with Crippen LogP contribution in [-0.4, -0.2) is 56.1 Å². The van der Waals surface area contributed by atoms with Crippen LogP contribution in [0.3, 0.4) is 0 Å². The number of rotatable bonds is 2. The van der Waals surface area contributed by atoms with Crippen molar-refractivity contribution in [3.05, 3.63) is 36.0 Å². The van der Waals surface area contributed by atoms with Crippen molar-refractivity contribution in [3.63, 3.8) is 0 Å². The third-order valence-electron chi connectivity index (χ3n) is 4.80. The normalized spacial score (nSPS) is 36.4. The predicted molar refractivity (Wildman–Crippen MR) is 78.4 cm³/mol. The molecule has 0 aliphatic carbocycles. The Morgan fingerprint density at radius 1 is 1.35 bits per heavy atom. The number of hydrogen-bond acceptors (Lipinski definition) is 6. The van der Waals surface area contributed by atoms with E-state index in [-0.39, 0.29) is 13.0 Å². The molecule has 2 aromatic rings. The molecule has 122 valence electrons. The molecule has 1 aromatic carbocycles. The van der Waals surface area contributed by atoms with Crippen LogP contribution in [-0.2, 0) is 27.7 Å². The maximum absolute atomic E-state index is 12.2. The first-order valence-electron chi connectivity index (χ1n) is 7.37. The first-order valence-corrected chi connectivity index (χ1v) is 7.37. The average Bonchev–Trinajstić information content (AvgIpc) is 3.06. The molecular formula is C16H17NO6. The molecule has 7 nitrogen and oxygen atoms in total. The number of esters is 1. The van der Waals surface area contributed by atoms with Gasteiger partial charge in [-0.15, -0.1) is 0 Å². The Hall–Kier alpha value is -1.93. The van der Waals surface area contributed by atoms with Gasteiger partial charge in [0.25, 0.3) is 0 Å². The van der Waals surface area contributed by atoms with Gasteiger partial charge in [0, 0.05) is 30.6 Å². The lowest BCUT2D eigenvalue weighted by molar-refractivity contribution is -0.262. The summed E-state index contributed by atoms with van der Waals surface area (Å²) >= 11 is 0. The molecule has 0 spiro atoms. The topological polar surface area (TPSA) is 101 Å². The number of nitrogens with zero attached hydrogens (tertiary/aromatic N) is 1. The largest absolute Gasteiger partial charge is 0.451 e. The maximum atomic E-state index is 12.2. The van der Waals surface area contributed by atoms with E-state index in [0.717, 1.165) is 10.9 Å². The number of aryl methyl sites for hydroxylation is 1. The number of para-hydroxylation sites is 1. The SMILES string of the molecule is Cn1cc(C[C@]2(O)C(=O)O[C@H]3[C@@H](O)CO[C@]32O)c2ccccc21. The molecule has 0 bridgehead atoms. The third kappa shape index (κ3) is 1.76. The van der Waals surface area contributed by atoms with E-state index >= 15 is 0 Å². The Morgan fingerprint density at radius 2 is 2.09 bits per heavy atom. The summed E-state index contributed by atoms with van der Waals surface area (Å²) in [5.41, 5.74) is -0.644. The summed E-state index contributed by atoms with van der Waals surface area (Å²) in [4.78, 5) is 12.2. The van der Waals surface area contributed by atoms with Crippen molar-refractivity contribution in [2.75, 3.05) is 6.61 Å². The van der Waals surface area contributed by atoms with Crippen LogP contribution in [0.15, 0.2) is 30.5 Å². The van der Waals surface area contributed by atoms with Crippen LogP contribution in [0, 0.1) is 0 Å². The van der Waals surface area contributed by atoms with Gasteiger partial charge in [-0.05, 0) is 11.6 Å². The first-order chi connectivity index (χ1) is 10.9. The van der Waals surface area contributed by atoms with E-state index in [9.17, 15) is 20.1 Å². The van der Waals surface area contributed by atoms with Crippen LogP contribution in [0.25, 0.3) is 10.9 Å². The highest BCUT2D eigenvalue weighted by atomic mass is 16.7. The van der Waals surface area contributed by atoms with Crippen molar-refractivity contribution < 1.29 is 29.6 Å². The lowest BCUT2D eigenvalue weighted by Gasteiger charge is -2.31. The summed E-state index contributed by atoms with van der Waals surface area (Å²) in [5.74, 6) is -3.24. The van der Waals surface area contributed by atoms with Gasteiger partial charge in [-0.25, -0.2) is 4.79 Å². The van der Waals surface area contributed by atoms with Gasteiger partial charge in [0.2, 0.25) is 11.4 Å². The number of hydrogen-bond donors (Lipinski definition) is 3. The van der Waals surface area contributed by atoms with Crippen molar-refractivity contribution in [3.8, 4) is 0 Å². The Morgan fingerprint density at radius 3 is 2.87 bits per heavy atom. The zero-order valence-electron chi connectivity index (χ0n) is 12.5.